The van der Waals surface area contributed by atoms with Crippen molar-refractivity contribution in [2.75, 3.05) is 6.54 Å². The Labute approximate surface area is 97.9 Å². The van der Waals surface area contributed by atoms with Crippen molar-refractivity contribution in [3.05, 3.63) is 0 Å². The van der Waals surface area contributed by atoms with Gasteiger partial charge in [0, 0.05) is 12.6 Å². The van der Waals surface area contributed by atoms with Gasteiger partial charge in [-0.25, -0.2) is 0 Å². The quantitative estimate of drug-likeness (QED) is 0.795. The van der Waals surface area contributed by atoms with E-state index in [1.165, 1.54) is 32.1 Å². The van der Waals surface area contributed by atoms with Gasteiger partial charge < -0.3 is 14.8 Å². The van der Waals surface area contributed by atoms with Crippen LogP contribution in [-0.2, 0) is 9.47 Å². The molecule has 3 saturated heterocycles. The first-order valence-corrected chi connectivity index (χ1v) is 6.69. The molecular formula is C13H23NO2. The van der Waals surface area contributed by atoms with Crippen molar-refractivity contribution in [2.45, 2.75) is 75.9 Å². The SMILES string of the molecule is CC1(C)CCC(CNC2CC3CCC2O3)O1. The van der Waals surface area contributed by atoms with E-state index in [4.69, 9.17) is 9.47 Å². The van der Waals surface area contributed by atoms with Gasteiger partial charge >= 0.3 is 0 Å². The zero-order chi connectivity index (χ0) is 11.2. The molecule has 0 saturated carbocycles. The van der Waals surface area contributed by atoms with Crippen molar-refractivity contribution in [2.24, 2.45) is 0 Å². The number of rotatable bonds is 3. The summed E-state index contributed by atoms with van der Waals surface area (Å²) in [5.41, 5.74) is 0.0948. The van der Waals surface area contributed by atoms with E-state index in [1.807, 2.05) is 0 Å². The molecular weight excluding hydrogens is 202 g/mol. The van der Waals surface area contributed by atoms with Crippen LogP contribution in [0.5, 0.6) is 0 Å². The van der Waals surface area contributed by atoms with Gasteiger partial charge in [-0.2, -0.15) is 0 Å². The molecule has 0 radical (unpaired) electrons. The molecule has 1 N–H and O–H groups in total. The maximum absolute atomic E-state index is 5.99. The lowest BCUT2D eigenvalue weighted by Crippen LogP contribution is -2.41. The summed E-state index contributed by atoms with van der Waals surface area (Å²) in [6, 6.07) is 0.589. The van der Waals surface area contributed by atoms with Crippen LogP contribution < -0.4 is 5.32 Å². The van der Waals surface area contributed by atoms with Crippen LogP contribution in [0.3, 0.4) is 0 Å². The minimum Gasteiger partial charge on any atom is -0.373 e. The van der Waals surface area contributed by atoms with E-state index in [2.05, 4.69) is 19.2 Å². The van der Waals surface area contributed by atoms with Gasteiger partial charge in [0.15, 0.2) is 0 Å². The molecule has 3 rings (SSSR count). The largest absolute Gasteiger partial charge is 0.373 e. The lowest BCUT2D eigenvalue weighted by Gasteiger charge is -2.23. The van der Waals surface area contributed by atoms with Crippen LogP contribution >= 0.6 is 0 Å². The smallest absolute Gasteiger partial charge is 0.0733 e. The van der Waals surface area contributed by atoms with Crippen LogP contribution in [0.25, 0.3) is 0 Å². The molecule has 3 heterocycles. The normalized spacial score (nSPS) is 45.4. The molecule has 0 aliphatic carbocycles. The average Bonchev–Trinajstić information content (AvgIpc) is 2.89. The van der Waals surface area contributed by atoms with Crippen molar-refractivity contribution in [3.8, 4) is 0 Å². The Bertz CT molecular complexity index is 267. The van der Waals surface area contributed by atoms with E-state index in [0.717, 1.165) is 6.54 Å². The summed E-state index contributed by atoms with van der Waals surface area (Å²) in [4.78, 5) is 0. The number of nitrogens with one attached hydrogen (secondary N) is 1. The van der Waals surface area contributed by atoms with Crippen molar-refractivity contribution in [1.82, 2.24) is 5.32 Å². The molecule has 3 aliphatic rings. The Morgan fingerprint density at radius 2 is 2.12 bits per heavy atom. The van der Waals surface area contributed by atoms with E-state index >= 15 is 0 Å². The molecule has 0 aromatic carbocycles. The Balaban J connectivity index is 1.44. The molecule has 3 fully saturated rings. The van der Waals surface area contributed by atoms with Crippen molar-refractivity contribution in [3.63, 3.8) is 0 Å². The molecule has 4 atom stereocenters. The van der Waals surface area contributed by atoms with Gasteiger partial charge in [0.1, 0.15) is 0 Å². The fraction of sp³-hybridized carbons (Fsp3) is 1.00. The molecule has 0 aromatic rings. The van der Waals surface area contributed by atoms with Crippen molar-refractivity contribution in [1.29, 1.82) is 0 Å². The second kappa shape index (κ2) is 3.97. The summed E-state index contributed by atoms with van der Waals surface area (Å²) in [6.45, 7) is 5.38. The highest BCUT2D eigenvalue weighted by Crippen LogP contribution is 2.35. The summed E-state index contributed by atoms with van der Waals surface area (Å²) in [6.07, 6.45) is 7.56. The van der Waals surface area contributed by atoms with Crippen LogP contribution in [0.2, 0.25) is 0 Å². The topological polar surface area (TPSA) is 30.5 Å². The molecule has 3 heteroatoms. The molecule has 92 valence electrons. The highest BCUT2D eigenvalue weighted by Gasteiger charge is 2.41. The average molecular weight is 225 g/mol. The number of hydrogen-bond acceptors (Lipinski definition) is 3. The molecule has 2 bridgehead atoms. The Morgan fingerprint density at radius 3 is 2.69 bits per heavy atom. The molecule has 16 heavy (non-hydrogen) atoms. The zero-order valence-corrected chi connectivity index (χ0v) is 10.4. The van der Waals surface area contributed by atoms with E-state index in [-0.39, 0.29) is 5.60 Å². The third-order valence-electron chi connectivity index (χ3n) is 4.27. The van der Waals surface area contributed by atoms with E-state index < -0.39 is 0 Å². The van der Waals surface area contributed by atoms with Crippen LogP contribution in [-0.4, -0.2) is 36.5 Å². The van der Waals surface area contributed by atoms with Crippen LogP contribution in [0.15, 0.2) is 0 Å². The van der Waals surface area contributed by atoms with Gasteiger partial charge in [-0.05, 0) is 46.0 Å². The summed E-state index contributed by atoms with van der Waals surface area (Å²) in [7, 11) is 0. The maximum Gasteiger partial charge on any atom is 0.0733 e. The highest BCUT2D eigenvalue weighted by molar-refractivity contribution is 4.94. The summed E-state index contributed by atoms with van der Waals surface area (Å²) in [5, 5.41) is 3.64. The summed E-state index contributed by atoms with van der Waals surface area (Å²) in [5.74, 6) is 0. The number of fused-ring (bicyclic) bond motifs is 2. The molecule has 0 aromatic heterocycles. The van der Waals surface area contributed by atoms with Gasteiger partial charge in [-0.3, -0.25) is 0 Å². The van der Waals surface area contributed by atoms with Crippen LogP contribution in [0, 0.1) is 0 Å². The van der Waals surface area contributed by atoms with Crippen molar-refractivity contribution < 1.29 is 9.47 Å². The second-order valence-corrected chi connectivity index (χ2v) is 6.16. The number of ether oxygens (including phenoxy) is 2. The fourth-order valence-corrected chi connectivity index (χ4v) is 3.36. The van der Waals surface area contributed by atoms with Gasteiger partial charge in [0.05, 0.1) is 23.9 Å². The predicted molar refractivity (Wildman–Crippen MR) is 62.5 cm³/mol. The minimum absolute atomic E-state index is 0.0948. The monoisotopic (exact) mass is 225 g/mol. The molecule has 3 aliphatic heterocycles. The van der Waals surface area contributed by atoms with E-state index in [1.54, 1.807) is 0 Å². The van der Waals surface area contributed by atoms with E-state index in [0.29, 0.717) is 24.4 Å². The minimum atomic E-state index is 0.0948. The van der Waals surface area contributed by atoms with Crippen LogP contribution in [0.1, 0.15) is 46.0 Å². The number of hydrogen-bond donors (Lipinski definition) is 1. The Kier molecular flexibility index (Phi) is 2.73. The van der Waals surface area contributed by atoms with Gasteiger partial charge in [-0.1, -0.05) is 0 Å². The predicted octanol–water partition coefficient (Wildman–Crippen LogP) is 1.85. The lowest BCUT2D eigenvalue weighted by molar-refractivity contribution is -0.0159. The molecule has 4 unspecified atom stereocenters. The third-order valence-corrected chi connectivity index (χ3v) is 4.27. The standard InChI is InChI=1S/C13H23NO2/c1-13(2)6-5-10(16-13)8-14-11-7-9-3-4-12(11)15-9/h9-12,14H,3-8H2,1-2H3. The van der Waals surface area contributed by atoms with Gasteiger partial charge in [0.2, 0.25) is 0 Å². The van der Waals surface area contributed by atoms with E-state index in [9.17, 15) is 0 Å². The highest BCUT2D eigenvalue weighted by atomic mass is 16.5. The van der Waals surface area contributed by atoms with Gasteiger partial charge in [0.25, 0.3) is 0 Å². The molecule has 3 nitrogen and oxygen atoms in total. The zero-order valence-electron chi connectivity index (χ0n) is 10.4. The molecule has 0 spiro atoms. The Morgan fingerprint density at radius 1 is 1.25 bits per heavy atom. The first kappa shape index (κ1) is 11.0. The summed E-state index contributed by atoms with van der Waals surface area (Å²) >= 11 is 0. The first-order valence-electron chi connectivity index (χ1n) is 6.69. The maximum atomic E-state index is 5.99. The van der Waals surface area contributed by atoms with Crippen LogP contribution in [0.4, 0.5) is 0 Å². The second-order valence-electron chi connectivity index (χ2n) is 6.16. The molecule has 0 amide bonds. The lowest BCUT2D eigenvalue weighted by atomic mass is 9.95. The third kappa shape index (κ3) is 2.13. The fourth-order valence-electron chi connectivity index (χ4n) is 3.36. The Hall–Kier alpha value is -0.120. The van der Waals surface area contributed by atoms with Crippen molar-refractivity contribution >= 4 is 0 Å². The van der Waals surface area contributed by atoms with Gasteiger partial charge in [-0.15, -0.1) is 0 Å². The summed E-state index contributed by atoms with van der Waals surface area (Å²) < 4.78 is 11.8. The first-order chi connectivity index (χ1) is 7.62.